The van der Waals surface area contributed by atoms with Gasteiger partial charge in [-0.1, -0.05) is 61.4 Å². The zero-order chi connectivity index (χ0) is 22.8. The molecular weight excluding hydrogens is 388 g/mol. The third-order valence-electron chi connectivity index (χ3n) is 5.15. The summed E-state index contributed by atoms with van der Waals surface area (Å²) in [6, 6.07) is 15.4. The number of nitrogens with zero attached hydrogens (tertiary/aromatic N) is 1. The number of carbonyl (C=O) groups is 2. The lowest BCUT2D eigenvalue weighted by Crippen LogP contribution is -2.48. The Hall–Kier alpha value is -2.82. The predicted octanol–water partition coefficient (Wildman–Crippen LogP) is 4.65. The van der Waals surface area contributed by atoms with Gasteiger partial charge in [-0.05, 0) is 50.8 Å². The minimum absolute atomic E-state index is 0.0414. The van der Waals surface area contributed by atoms with E-state index in [2.05, 4.69) is 5.32 Å². The summed E-state index contributed by atoms with van der Waals surface area (Å²) in [5.74, 6) is 0.998. The van der Waals surface area contributed by atoms with Crippen LogP contribution in [0.3, 0.4) is 0 Å². The van der Waals surface area contributed by atoms with Crippen LogP contribution in [0.5, 0.6) is 5.75 Å². The molecule has 1 atom stereocenters. The van der Waals surface area contributed by atoms with Crippen molar-refractivity contribution in [2.24, 2.45) is 5.92 Å². The maximum Gasteiger partial charge on any atom is 0.242 e. The first kappa shape index (κ1) is 24.4. The number of nitrogens with one attached hydrogen (secondary N) is 1. The average Bonchev–Trinajstić information content (AvgIpc) is 2.75. The van der Waals surface area contributed by atoms with Gasteiger partial charge in [0.2, 0.25) is 11.8 Å². The molecule has 0 aliphatic rings. The summed E-state index contributed by atoms with van der Waals surface area (Å²) in [7, 11) is 0. The van der Waals surface area contributed by atoms with Crippen LogP contribution in [-0.2, 0) is 16.1 Å². The molecular formula is C26H36N2O3. The zero-order valence-electron chi connectivity index (χ0n) is 19.5. The summed E-state index contributed by atoms with van der Waals surface area (Å²) in [6.45, 7) is 11.4. The van der Waals surface area contributed by atoms with Crippen LogP contribution in [0.15, 0.2) is 48.5 Å². The van der Waals surface area contributed by atoms with E-state index < -0.39 is 6.04 Å². The highest BCUT2D eigenvalue weighted by molar-refractivity contribution is 5.87. The van der Waals surface area contributed by atoms with Gasteiger partial charge in [-0.2, -0.15) is 0 Å². The predicted molar refractivity (Wildman–Crippen MR) is 125 cm³/mol. The van der Waals surface area contributed by atoms with Crippen LogP contribution >= 0.6 is 0 Å². The minimum atomic E-state index is -0.537. The molecule has 0 aromatic heterocycles. The molecule has 1 N–H and O–H groups in total. The first-order valence-corrected chi connectivity index (χ1v) is 11.1. The van der Waals surface area contributed by atoms with Crippen molar-refractivity contribution in [1.29, 1.82) is 0 Å². The Kier molecular flexibility index (Phi) is 9.57. The Morgan fingerprint density at radius 1 is 0.935 bits per heavy atom. The summed E-state index contributed by atoms with van der Waals surface area (Å²) in [6.07, 6.45) is 0.928. The molecule has 0 fully saturated rings. The number of hydrogen-bond donors (Lipinski definition) is 1. The van der Waals surface area contributed by atoms with Crippen molar-refractivity contribution in [3.63, 3.8) is 0 Å². The Bertz CT molecular complexity index is 829. The van der Waals surface area contributed by atoms with E-state index in [0.717, 1.165) is 16.9 Å². The van der Waals surface area contributed by atoms with E-state index in [9.17, 15) is 9.59 Å². The Morgan fingerprint density at radius 3 is 2.10 bits per heavy atom. The third-order valence-corrected chi connectivity index (χ3v) is 5.15. The van der Waals surface area contributed by atoms with Crippen molar-refractivity contribution in [2.45, 2.75) is 60.0 Å². The number of carbonyl (C=O) groups excluding carboxylic acids is 2. The second-order valence-corrected chi connectivity index (χ2v) is 8.59. The van der Waals surface area contributed by atoms with Crippen LogP contribution in [0, 0.1) is 19.8 Å². The Labute approximate surface area is 186 Å². The van der Waals surface area contributed by atoms with Crippen molar-refractivity contribution < 1.29 is 14.3 Å². The van der Waals surface area contributed by atoms with Crippen molar-refractivity contribution >= 4 is 11.8 Å². The zero-order valence-corrected chi connectivity index (χ0v) is 19.5. The van der Waals surface area contributed by atoms with Crippen LogP contribution < -0.4 is 10.1 Å². The van der Waals surface area contributed by atoms with Gasteiger partial charge in [-0.15, -0.1) is 0 Å². The second-order valence-electron chi connectivity index (χ2n) is 8.59. The molecule has 0 saturated heterocycles. The van der Waals surface area contributed by atoms with Gasteiger partial charge >= 0.3 is 0 Å². The average molecular weight is 425 g/mol. The van der Waals surface area contributed by atoms with Gasteiger partial charge in [0.15, 0.2) is 0 Å². The largest absolute Gasteiger partial charge is 0.494 e. The lowest BCUT2D eigenvalue weighted by Gasteiger charge is -2.29. The van der Waals surface area contributed by atoms with Gasteiger partial charge in [0, 0.05) is 19.5 Å². The van der Waals surface area contributed by atoms with E-state index in [-0.39, 0.29) is 11.8 Å². The van der Waals surface area contributed by atoms with Crippen molar-refractivity contribution in [3.8, 4) is 5.75 Å². The number of rotatable bonds is 11. The molecule has 2 rings (SSSR count). The van der Waals surface area contributed by atoms with Crippen molar-refractivity contribution in [1.82, 2.24) is 10.2 Å². The van der Waals surface area contributed by atoms with Crippen LogP contribution in [-0.4, -0.2) is 35.9 Å². The van der Waals surface area contributed by atoms with Crippen LogP contribution in [0.2, 0.25) is 0 Å². The van der Waals surface area contributed by atoms with Gasteiger partial charge in [0.05, 0.1) is 6.61 Å². The molecule has 2 aromatic carbocycles. The summed E-state index contributed by atoms with van der Waals surface area (Å²) < 4.78 is 5.75. The van der Waals surface area contributed by atoms with E-state index in [0.29, 0.717) is 38.5 Å². The van der Waals surface area contributed by atoms with Gasteiger partial charge in [-0.3, -0.25) is 9.59 Å². The van der Waals surface area contributed by atoms with E-state index in [4.69, 9.17) is 4.74 Å². The highest BCUT2D eigenvalue weighted by atomic mass is 16.5. The molecule has 0 spiro atoms. The number of hydrogen-bond acceptors (Lipinski definition) is 3. The number of amides is 2. The van der Waals surface area contributed by atoms with E-state index in [1.165, 1.54) is 5.56 Å². The number of aryl methyl sites for hydroxylation is 2. The fraction of sp³-hybridized carbons (Fsp3) is 0.462. The van der Waals surface area contributed by atoms with Crippen molar-refractivity contribution in [3.05, 3.63) is 65.2 Å². The maximum atomic E-state index is 13.0. The first-order chi connectivity index (χ1) is 14.8. The lowest BCUT2D eigenvalue weighted by atomic mass is 10.1. The lowest BCUT2D eigenvalue weighted by molar-refractivity contribution is -0.140. The van der Waals surface area contributed by atoms with E-state index >= 15 is 0 Å². The fourth-order valence-electron chi connectivity index (χ4n) is 3.12. The van der Waals surface area contributed by atoms with Gasteiger partial charge < -0.3 is 15.0 Å². The highest BCUT2D eigenvalue weighted by Gasteiger charge is 2.25. The topological polar surface area (TPSA) is 58.6 Å². The molecule has 0 unspecified atom stereocenters. The van der Waals surface area contributed by atoms with Gasteiger partial charge in [0.25, 0.3) is 0 Å². The molecule has 0 bridgehead atoms. The van der Waals surface area contributed by atoms with E-state index in [1.54, 1.807) is 11.8 Å². The monoisotopic (exact) mass is 424 g/mol. The molecule has 0 aliphatic heterocycles. The van der Waals surface area contributed by atoms with Crippen LogP contribution in [0.4, 0.5) is 0 Å². The summed E-state index contributed by atoms with van der Waals surface area (Å²) in [5, 5.41) is 2.95. The molecule has 5 heteroatoms. The maximum absolute atomic E-state index is 13.0. The molecule has 0 aliphatic carbocycles. The number of ether oxygens (including phenoxy) is 1. The molecule has 0 saturated carbocycles. The molecule has 0 heterocycles. The standard InChI is InChI=1S/C26H36N2O3/c1-19(2)17-27-26(30)22(5)28(18-23-12-8-20(3)9-13-23)25(29)7-6-16-31-24-14-10-21(4)11-15-24/h8-15,19,22H,6-7,16-18H2,1-5H3,(H,27,30)/t22-/m0/s1. The number of benzene rings is 2. The molecule has 5 nitrogen and oxygen atoms in total. The Balaban J connectivity index is 1.97. The smallest absolute Gasteiger partial charge is 0.242 e. The highest BCUT2D eigenvalue weighted by Crippen LogP contribution is 2.15. The summed E-state index contributed by atoms with van der Waals surface area (Å²) in [5.41, 5.74) is 3.36. The Morgan fingerprint density at radius 2 is 1.52 bits per heavy atom. The molecule has 0 radical (unpaired) electrons. The van der Waals surface area contributed by atoms with E-state index in [1.807, 2.05) is 76.2 Å². The molecule has 2 aromatic rings. The second kappa shape index (κ2) is 12.1. The molecule has 168 valence electrons. The SMILES string of the molecule is Cc1ccc(CN(C(=O)CCCOc2ccc(C)cc2)[C@@H](C)C(=O)NCC(C)C)cc1. The van der Waals surface area contributed by atoms with Gasteiger partial charge in [-0.25, -0.2) is 0 Å². The van der Waals surface area contributed by atoms with Crippen LogP contribution in [0.25, 0.3) is 0 Å². The van der Waals surface area contributed by atoms with Crippen molar-refractivity contribution in [2.75, 3.05) is 13.2 Å². The normalized spacial score (nSPS) is 11.8. The van der Waals surface area contributed by atoms with Crippen LogP contribution in [0.1, 0.15) is 50.3 Å². The summed E-state index contributed by atoms with van der Waals surface area (Å²) in [4.78, 5) is 27.4. The fourth-order valence-corrected chi connectivity index (χ4v) is 3.12. The first-order valence-electron chi connectivity index (χ1n) is 11.1. The third kappa shape index (κ3) is 8.44. The quantitative estimate of drug-likeness (QED) is 0.534. The minimum Gasteiger partial charge on any atom is -0.494 e. The molecule has 2 amide bonds. The molecule has 31 heavy (non-hydrogen) atoms. The van der Waals surface area contributed by atoms with Gasteiger partial charge in [0.1, 0.15) is 11.8 Å². The summed E-state index contributed by atoms with van der Waals surface area (Å²) >= 11 is 0.